The van der Waals surface area contributed by atoms with Crippen molar-refractivity contribution >= 4 is 17.3 Å². The number of amides is 1. The molecule has 1 N–H and O–H groups in total. The van der Waals surface area contributed by atoms with Gasteiger partial charge in [0.15, 0.2) is 0 Å². The summed E-state index contributed by atoms with van der Waals surface area (Å²) < 4.78 is 4.93. The average molecular weight is 313 g/mol. The Bertz CT molecular complexity index is 658. The third kappa shape index (κ3) is 4.53. The summed E-state index contributed by atoms with van der Waals surface area (Å²) in [4.78, 5) is 18.4. The molecule has 0 radical (unpaired) electrons. The van der Waals surface area contributed by atoms with E-state index >= 15 is 0 Å². The summed E-state index contributed by atoms with van der Waals surface area (Å²) in [5.41, 5.74) is 3.66. The van der Waals surface area contributed by atoms with Crippen molar-refractivity contribution < 1.29 is 9.53 Å². The van der Waals surface area contributed by atoms with Gasteiger partial charge >= 0.3 is 0 Å². The molecular formula is C18H23N3O2. The van der Waals surface area contributed by atoms with Gasteiger partial charge in [0, 0.05) is 37.8 Å². The first-order chi connectivity index (χ1) is 11.2. The number of benzene rings is 1. The van der Waals surface area contributed by atoms with E-state index in [0.29, 0.717) is 18.8 Å². The third-order valence-electron chi connectivity index (χ3n) is 3.51. The molecule has 1 amide bonds. The van der Waals surface area contributed by atoms with E-state index in [9.17, 15) is 4.79 Å². The maximum Gasteiger partial charge on any atom is 0.270 e. The highest BCUT2D eigenvalue weighted by Gasteiger charge is 2.12. The maximum absolute atomic E-state index is 12.1. The molecule has 5 nitrogen and oxygen atoms in total. The Labute approximate surface area is 137 Å². The molecular weight excluding hydrogens is 290 g/mol. The van der Waals surface area contributed by atoms with Crippen molar-refractivity contribution in [2.75, 3.05) is 31.7 Å². The SMILES string of the molecule is CCN(c1cccc(C)c1)c1ccnc(C(=O)NCCOC)c1. The number of methoxy groups -OCH3 is 1. The largest absolute Gasteiger partial charge is 0.383 e. The molecule has 1 heterocycles. The standard InChI is InChI=1S/C18H23N3O2/c1-4-21(15-7-5-6-14(2)12-15)16-8-9-19-17(13-16)18(22)20-10-11-23-3/h5-9,12-13H,4,10-11H2,1-3H3,(H,20,22). The molecule has 5 heteroatoms. The van der Waals surface area contributed by atoms with Crippen LogP contribution in [0.15, 0.2) is 42.6 Å². The molecule has 0 unspecified atom stereocenters. The van der Waals surface area contributed by atoms with Gasteiger partial charge in [-0.05, 0) is 43.7 Å². The number of pyridine rings is 1. The molecule has 0 saturated heterocycles. The van der Waals surface area contributed by atoms with E-state index in [1.807, 2.05) is 18.2 Å². The van der Waals surface area contributed by atoms with Gasteiger partial charge in [-0.2, -0.15) is 0 Å². The number of hydrogen-bond donors (Lipinski definition) is 1. The van der Waals surface area contributed by atoms with E-state index in [-0.39, 0.29) is 5.91 Å². The van der Waals surface area contributed by atoms with Gasteiger partial charge in [0.1, 0.15) is 5.69 Å². The third-order valence-corrected chi connectivity index (χ3v) is 3.51. The van der Waals surface area contributed by atoms with Crippen LogP contribution in [0.5, 0.6) is 0 Å². The Kier molecular flexibility index (Phi) is 6.11. The van der Waals surface area contributed by atoms with E-state index in [2.05, 4.69) is 47.2 Å². The van der Waals surface area contributed by atoms with Crippen LogP contribution in [0.3, 0.4) is 0 Å². The molecule has 122 valence electrons. The number of hydrogen-bond acceptors (Lipinski definition) is 4. The topological polar surface area (TPSA) is 54.5 Å². The number of rotatable bonds is 7. The van der Waals surface area contributed by atoms with Gasteiger partial charge < -0.3 is 15.0 Å². The van der Waals surface area contributed by atoms with E-state index in [4.69, 9.17) is 4.74 Å². The molecule has 0 aliphatic rings. The van der Waals surface area contributed by atoms with Crippen LogP contribution in [0.1, 0.15) is 23.0 Å². The second-order valence-electron chi connectivity index (χ2n) is 5.23. The first-order valence-corrected chi connectivity index (χ1v) is 7.73. The summed E-state index contributed by atoms with van der Waals surface area (Å²) in [5, 5.41) is 2.79. The molecule has 0 bridgehead atoms. The van der Waals surface area contributed by atoms with Gasteiger partial charge in [-0.3, -0.25) is 9.78 Å². The van der Waals surface area contributed by atoms with Crippen LogP contribution in [0.2, 0.25) is 0 Å². The second kappa shape index (κ2) is 8.29. The van der Waals surface area contributed by atoms with Crippen LogP contribution in [-0.4, -0.2) is 37.7 Å². The van der Waals surface area contributed by atoms with Gasteiger partial charge in [-0.25, -0.2) is 0 Å². The summed E-state index contributed by atoms with van der Waals surface area (Å²) >= 11 is 0. The quantitative estimate of drug-likeness (QED) is 0.799. The number of aromatic nitrogens is 1. The van der Waals surface area contributed by atoms with Crippen molar-refractivity contribution in [1.29, 1.82) is 0 Å². The molecule has 0 spiro atoms. The van der Waals surface area contributed by atoms with Gasteiger partial charge in [0.25, 0.3) is 5.91 Å². The maximum atomic E-state index is 12.1. The van der Waals surface area contributed by atoms with Crippen LogP contribution >= 0.6 is 0 Å². The first kappa shape index (κ1) is 17.0. The molecule has 0 aliphatic heterocycles. The molecule has 2 aromatic rings. The minimum absolute atomic E-state index is 0.191. The summed E-state index contributed by atoms with van der Waals surface area (Å²) in [5.74, 6) is -0.191. The summed E-state index contributed by atoms with van der Waals surface area (Å²) in [6, 6.07) is 12.0. The molecule has 0 atom stereocenters. The van der Waals surface area contributed by atoms with Crippen LogP contribution in [0, 0.1) is 6.92 Å². The lowest BCUT2D eigenvalue weighted by molar-refractivity contribution is 0.0932. The smallest absolute Gasteiger partial charge is 0.270 e. The van der Waals surface area contributed by atoms with Gasteiger partial charge in [-0.1, -0.05) is 12.1 Å². The molecule has 2 rings (SSSR count). The predicted octanol–water partition coefficient (Wildman–Crippen LogP) is 2.92. The molecule has 1 aromatic carbocycles. The Balaban J connectivity index is 2.21. The highest BCUT2D eigenvalue weighted by molar-refractivity contribution is 5.93. The van der Waals surface area contributed by atoms with Crippen molar-refractivity contribution in [2.24, 2.45) is 0 Å². The highest BCUT2D eigenvalue weighted by atomic mass is 16.5. The van der Waals surface area contributed by atoms with Gasteiger partial charge in [0.2, 0.25) is 0 Å². The first-order valence-electron chi connectivity index (χ1n) is 7.73. The van der Waals surface area contributed by atoms with E-state index in [1.165, 1.54) is 5.56 Å². The summed E-state index contributed by atoms with van der Waals surface area (Å²) in [6.45, 7) is 5.91. The second-order valence-corrected chi connectivity index (χ2v) is 5.23. The minimum Gasteiger partial charge on any atom is -0.383 e. The van der Waals surface area contributed by atoms with Crippen molar-refractivity contribution in [3.05, 3.63) is 53.9 Å². The number of ether oxygens (including phenoxy) is 1. The Hall–Kier alpha value is -2.40. The van der Waals surface area contributed by atoms with Crippen LogP contribution < -0.4 is 10.2 Å². The summed E-state index contributed by atoms with van der Waals surface area (Å²) in [7, 11) is 1.60. The van der Waals surface area contributed by atoms with Crippen molar-refractivity contribution in [2.45, 2.75) is 13.8 Å². The predicted molar refractivity (Wildman–Crippen MR) is 92.3 cm³/mol. The number of nitrogens with zero attached hydrogens (tertiary/aromatic N) is 2. The van der Waals surface area contributed by atoms with Gasteiger partial charge in [-0.15, -0.1) is 0 Å². The number of anilines is 2. The number of carbonyl (C=O) groups excluding carboxylic acids is 1. The summed E-state index contributed by atoms with van der Waals surface area (Å²) in [6.07, 6.45) is 1.67. The number of nitrogens with one attached hydrogen (secondary N) is 1. The zero-order valence-electron chi connectivity index (χ0n) is 13.9. The van der Waals surface area contributed by atoms with E-state index in [1.54, 1.807) is 13.3 Å². The number of carbonyl (C=O) groups is 1. The van der Waals surface area contributed by atoms with Crippen molar-refractivity contribution in [3.8, 4) is 0 Å². The zero-order chi connectivity index (χ0) is 16.7. The fourth-order valence-electron chi connectivity index (χ4n) is 2.38. The van der Waals surface area contributed by atoms with E-state index < -0.39 is 0 Å². The molecule has 23 heavy (non-hydrogen) atoms. The minimum atomic E-state index is -0.191. The molecule has 0 aliphatic carbocycles. The Morgan fingerprint density at radius 2 is 2.04 bits per heavy atom. The van der Waals surface area contributed by atoms with E-state index in [0.717, 1.165) is 17.9 Å². The van der Waals surface area contributed by atoms with Crippen molar-refractivity contribution in [1.82, 2.24) is 10.3 Å². The lowest BCUT2D eigenvalue weighted by atomic mass is 10.2. The molecule has 1 aromatic heterocycles. The fourth-order valence-corrected chi connectivity index (χ4v) is 2.38. The van der Waals surface area contributed by atoms with Crippen LogP contribution in [-0.2, 0) is 4.74 Å². The van der Waals surface area contributed by atoms with Crippen molar-refractivity contribution in [3.63, 3.8) is 0 Å². The lowest BCUT2D eigenvalue weighted by Crippen LogP contribution is -2.28. The number of aryl methyl sites for hydroxylation is 1. The average Bonchev–Trinajstić information content (AvgIpc) is 2.56. The lowest BCUT2D eigenvalue weighted by Gasteiger charge is -2.24. The van der Waals surface area contributed by atoms with Gasteiger partial charge in [0.05, 0.1) is 6.61 Å². The highest BCUT2D eigenvalue weighted by Crippen LogP contribution is 2.25. The normalized spacial score (nSPS) is 10.4. The fraction of sp³-hybridized carbons (Fsp3) is 0.333. The molecule has 0 saturated carbocycles. The van der Waals surface area contributed by atoms with Crippen LogP contribution in [0.4, 0.5) is 11.4 Å². The Morgan fingerprint density at radius 1 is 1.26 bits per heavy atom. The van der Waals surface area contributed by atoms with Crippen LogP contribution in [0.25, 0.3) is 0 Å². The monoisotopic (exact) mass is 313 g/mol. The zero-order valence-corrected chi connectivity index (χ0v) is 13.9. The Morgan fingerprint density at radius 3 is 2.74 bits per heavy atom. The molecule has 0 fully saturated rings.